The number of primary amides is 2. The summed E-state index contributed by atoms with van der Waals surface area (Å²) in [5, 5.41) is 5.35. The monoisotopic (exact) mass is 565 g/mol. The zero-order valence-corrected chi connectivity index (χ0v) is 23.1. The van der Waals surface area contributed by atoms with Crippen LogP contribution in [0.3, 0.4) is 0 Å². The molecule has 3 atom stereocenters. The number of nitrogens with one attached hydrogen (secondary N) is 2. The fourth-order valence-electron chi connectivity index (χ4n) is 4.33. The second-order valence-corrected chi connectivity index (χ2v) is 9.90. The van der Waals surface area contributed by atoms with Gasteiger partial charge in [-0.1, -0.05) is 55.0 Å². The summed E-state index contributed by atoms with van der Waals surface area (Å²) in [6.07, 6.45) is 0.456. The number of ketones is 2. The lowest BCUT2D eigenvalue weighted by atomic mass is 9.90. The molecule has 2 aromatic carbocycles. The molecule has 0 radical (unpaired) electrons. The minimum Gasteiger partial charge on any atom is -0.370 e. The van der Waals surface area contributed by atoms with E-state index in [4.69, 9.17) is 17.2 Å². The van der Waals surface area contributed by atoms with E-state index >= 15 is 0 Å². The van der Waals surface area contributed by atoms with Crippen LogP contribution in [0.15, 0.2) is 60.7 Å². The maximum atomic E-state index is 13.6. The number of rotatable bonds is 19. The predicted octanol–water partition coefficient (Wildman–Crippen LogP) is 0.927. The van der Waals surface area contributed by atoms with E-state index in [1.165, 1.54) is 0 Å². The number of unbranched alkanes of at least 4 members (excludes halogenated alkanes) is 1. The maximum absolute atomic E-state index is 13.6. The van der Waals surface area contributed by atoms with Gasteiger partial charge in [0.15, 0.2) is 11.6 Å². The summed E-state index contributed by atoms with van der Waals surface area (Å²) < 4.78 is 0. The SMILES string of the molecule is NCCCC[C@H](CC(=O)[C@H](Cc1ccccc1)NC(=O)c1ccccc1)C(=O)N[C@@H](CC(N)=O)C(=O)CCC(N)=O. The number of Topliss-reactive ketones (excluding diaryl/α,β-unsaturated/α-hetero) is 2. The molecule has 220 valence electrons. The zero-order chi connectivity index (χ0) is 30.2. The molecule has 11 nitrogen and oxygen atoms in total. The van der Waals surface area contributed by atoms with Crippen molar-refractivity contribution in [3.63, 3.8) is 0 Å². The number of benzene rings is 2. The number of hydrogen-bond donors (Lipinski definition) is 5. The fourth-order valence-corrected chi connectivity index (χ4v) is 4.33. The molecule has 0 heterocycles. The Morgan fingerprint density at radius 1 is 0.683 bits per heavy atom. The van der Waals surface area contributed by atoms with Gasteiger partial charge in [0.1, 0.15) is 0 Å². The van der Waals surface area contributed by atoms with E-state index in [0.29, 0.717) is 24.9 Å². The van der Waals surface area contributed by atoms with Gasteiger partial charge in [-0.25, -0.2) is 0 Å². The first-order chi connectivity index (χ1) is 19.6. The van der Waals surface area contributed by atoms with Crippen LogP contribution in [-0.2, 0) is 30.4 Å². The van der Waals surface area contributed by atoms with Gasteiger partial charge in [0.05, 0.1) is 18.5 Å². The quantitative estimate of drug-likeness (QED) is 0.156. The molecule has 2 rings (SSSR count). The van der Waals surface area contributed by atoms with E-state index in [0.717, 1.165) is 5.56 Å². The highest BCUT2D eigenvalue weighted by atomic mass is 16.2. The van der Waals surface area contributed by atoms with Gasteiger partial charge >= 0.3 is 0 Å². The van der Waals surface area contributed by atoms with Crippen LogP contribution in [0.25, 0.3) is 0 Å². The van der Waals surface area contributed by atoms with E-state index in [1.807, 2.05) is 30.3 Å². The average molecular weight is 566 g/mol. The molecule has 0 fully saturated rings. The highest BCUT2D eigenvalue weighted by Crippen LogP contribution is 2.18. The lowest BCUT2D eigenvalue weighted by molar-refractivity contribution is -0.134. The number of amides is 4. The van der Waals surface area contributed by atoms with E-state index in [1.54, 1.807) is 30.3 Å². The van der Waals surface area contributed by atoms with E-state index in [9.17, 15) is 28.8 Å². The largest absolute Gasteiger partial charge is 0.370 e. The van der Waals surface area contributed by atoms with E-state index in [2.05, 4.69) is 10.6 Å². The normalized spacial score (nSPS) is 12.9. The van der Waals surface area contributed by atoms with E-state index < -0.39 is 53.8 Å². The van der Waals surface area contributed by atoms with Gasteiger partial charge in [-0.15, -0.1) is 0 Å². The summed E-state index contributed by atoms with van der Waals surface area (Å²) in [6.45, 7) is 0.391. The molecule has 0 unspecified atom stereocenters. The minimum atomic E-state index is -1.26. The third-order valence-corrected chi connectivity index (χ3v) is 6.57. The Balaban J connectivity index is 2.25. The highest BCUT2D eigenvalue weighted by molar-refractivity contribution is 5.99. The van der Waals surface area contributed by atoms with E-state index in [-0.39, 0.29) is 37.9 Å². The lowest BCUT2D eigenvalue weighted by Gasteiger charge is -2.24. The summed E-state index contributed by atoms with van der Waals surface area (Å²) in [6, 6.07) is 15.5. The smallest absolute Gasteiger partial charge is 0.251 e. The molecule has 8 N–H and O–H groups in total. The molecule has 0 saturated carbocycles. The summed E-state index contributed by atoms with van der Waals surface area (Å²) in [5.41, 5.74) is 17.2. The summed E-state index contributed by atoms with van der Waals surface area (Å²) >= 11 is 0. The Kier molecular flexibility index (Phi) is 13.9. The maximum Gasteiger partial charge on any atom is 0.251 e. The average Bonchev–Trinajstić information content (AvgIpc) is 2.95. The number of nitrogens with two attached hydrogens (primary N) is 3. The van der Waals surface area contributed by atoms with Gasteiger partial charge in [-0.05, 0) is 43.5 Å². The standard InChI is InChI=1S/C30H39N5O6/c31-16-8-7-13-22(30(41)35-24(19-28(33)39)25(36)14-15-27(32)38)18-26(37)23(17-20-9-3-1-4-10-20)34-29(40)21-11-5-2-6-12-21/h1-6,9-12,22-24H,7-8,13-19,31H2,(H2,32,38)(H2,33,39)(H,34,40)(H,35,41)/t22-,23+,24+/m1/s1. The molecule has 0 bridgehead atoms. The third-order valence-electron chi connectivity index (χ3n) is 6.57. The van der Waals surface area contributed by atoms with Crippen LogP contribution in [-0.4, -0.2) is 53.8 Å². The molecule has 0 aliphatic rings. The molecule has 0 aliphatic carbocycles. The van der Waals surface area contributed by atoms with Crippen LogP contribution >= 0.6 is 0 Å². The fraction of sp³-hybridized carbons (Fsp3) is 0.400. The zero-order valence-electron chi connectivity index (χ0n) is 23.1. The first-order valence-electron chi connectivity index (χ1n) is 13.6. The van der Waals surface area contributed by atoms with Crippen LogP contribution in [0, 0.1) is 5.92 Å². The Bertz CT molecular complexity index is 1190. The first kappa shape index (κ1) is 32.8. The molecule has 0 aromatic heterocycles. The summed E-state index contributed by atoms with van der Waals surface area (Å²) in [4.78, 5) is 75.3. The van der Waals surface area contributed by atoms with Crippen molar-refractivity contribution in [2.75, 3.05) is 6.54 Å². The van der Waals surface area contributed by atoms with Crippen molar-refractivity contribution in [1.82, 2.24) is 10.6 Å². The molecule has 0 saturated heterocycles. The Morgan fingerprint density at radius 2 is 1.32 bits per heavy atom. The van der Waals surface area contributed by atoms with Crippen molar-refractivity contribution in [2.24, 2.45) is 23.1 Å². The van der Waals surface area contributed by atoms with Gasteiger partial charge in [-0.2, -0.15) is 0 Å². The van der Waals surface area contributed by atoms with Gasteiger partial charge in [-0.3, -0.25) is 28.8 Å². The summed E-state index contributed by atoms with van der Waals surface area (Å²) in [5.74, 6) is -4.34. The van der Waals surface area contributed by atoms with Crippen LogP contribution < -0.4 is 27.8 Å². The number of hydrogen-bond acceptors (Lipinski definition) is 7. The minimum absolute atomic E-state index is 0.214. The van der Waals surface area contributed by atoms with Crippen LogP contribution in [0.5, 0.6) is 0 Å². The molecule has 0 aliphatic heterocycles. The molecule has 11 heteroatoms. The van der Waals surface area contributed by atoms with Crippen molar-refractivity contribution >= 4 is 35.2 Å². The first-order valence-corrected chi connectivity index (χ1v) is 13.6. The summed E-state index contributed by atoms with van der Waals surface area (Å²) in [7, 11) is 0. The highest BCUT2D eigenvalue weighted by Gasteiger charge is 2.31. The molecule has 2 aromatic rings. The van der Waals surface area contributed by atoms with Crippen LogP contribution in [0.4, 0.5) is 0 Å². The van der Waals surface area contributed by atoms with Gasteiger partial charge in [0.2, 0.25) is 17.7 Å². The predicted molar refractivity (Wildman–Crippen MR) is 153 cm³/mol. The van der Waals surface area contributed by atoms with Crippen molar-refractivity contribution in [2.45, 2.75) is 63.5 Å². The lowest BCUT2D eigenvalue weighted by Crippen LogP contribution is -2.48. The number of carbonyl (C=O) groups is 6. The van der Waals surface area contributed by atoms with Crippen molar-refractivity contribution < 1.29 is 28.8 Å². The molecule has 4 amide bonds. The van der Waals surface area contributed by atoms with Crippen LogP contribution in [0.1, 0.15) is 60.9 Å². The Hall–Kier alpha value is -4.38. The van der Waals surface area contributed by atoms with Crippen molar-refractivity contribution in [3.8, 4) is 0 Å². The molecule has 41 heavy (non-hydrogen) atoms. The van der Waals surface area contributed by atoms with Gasteiger partial charge in [0, 0.05) is 30.7 Å². The number of carbonyl (C=O) groups excluding carboxylic acids is 6. The molecular weight excluding hydrogens is 526 g/mol. The van der Waals surface area contributed by atoms with Gasteiger partial charge in [0.25, 0.3) is 5.91 Å². The van der Waals surface area contributed by atoms with Gasteiger partial charge < -0.3 is 27.8 Å². The van der Waals surface area contributed by atoms with Crippen molar-refractivity contribution in [1.29, 1.82) is 0 Å². The second-order valence-electron chi connectivity index (χ2n) is 9.90. The molecule has 0 spiro atoms. The Morgan fingerprint density at radius 3 is 1.90 bits per heavy atom. The molecular formula is C30H39N5O6. The van der Waals surface area contributed by atoms with Crippen molar-refractivity contribution in [3.05, 3.63) is 71.8 Å². The Labute approximate surface area is 239 Å². The third kappa shape index (κ3) is 12.1. The second kappa shape index (κ2) is 17.3. The topological polar surface area (TPSA) is 205 Å². The van der Waals surface area contributed by atoms with Crippen LogP contribution in [0.2, 0.25) is 0 Å².